The van der Waals surface area contributed by atoms with E-state index in [2.05, 4.69) is 10.6 Å². The topological polar surface area (TPSA) is 24.1 Å². The van der Waals surface area contributed by atoms with E-state index in [1.165, 1.54) is 45.3 Å². The van der Waals surface area contributed by atoms with Crippen molar-refractivity contribution in [1.82, 2.24) is 10.6 Å². The molecule has 1 heterocycles. The molecule has 1 atom stereocenters. The predicted molar refractivity (Wildman–Crippen MR) is 61.1 cm³/mol. The van der Waals surface area contributed by atoms with Crippen molar-refractivity contribution >= 4 is 24.8 Å². The van der Waals surface area contributed by atoms with E-state index in [-0.39, 0.29) is 24.8 Å². The minimum absolute atomic E-state index is 0. The quantitative estimate of drug-likeness (QED) is 0.765. The standard InChI is InChI=1S/C9H18N2.2ClH/c1-2-9(7-10-5-1)11-6-8-3-4-8;;/h8-11H,1-7H2;2*1H. The van der Waals surface area contributed by atoms with Crippen molar-refractivity contribution in [3.63, 3.8) is 0 Å². The summed E-state index contributed by atoms with van der Waals surface area (Å²) in [5, 5.41) is 7.04. The van der Waals surface area contributed by atoms with E-state index in [4.69, 9.17) is 0 Å². The zero-order valence-electron chi connectivity index (χ0n) is 7.92. The molecular formula is C9H20Cl2N2. The Bertz CT molecular complexity index is 123. The zero-order chi connectivity index (χ0) is 7.52. The zero-order valence-corrected chi connectivity index (χ0v) is 9.55. The van der Waals surface area contributed by atoms with Crippen molar-refractivity contribution in [3.8, 4) is 0 Å². The Morgan fingerprint density at radius 2 is 1.92 bits per heavy atom. The maximum atomic E-state index is 3.62. The summed E-state index contributed by atoms with van der Waals surface area (Å²) in [5.41, 5.74) is 0. The van der Waals surface area contributed by atoms with Gasteiger partial charge < -0.3 is 10.6 Å². The molecule has 1 unspecified atom stereocenters. The van der Waals surface area contributed by atoms with Crippen LogP contribution in [-0.2, 0) is 0 Å². The third-order valence-corrected chi connectivity index (χ3v) is 2.69. The first kappa shape index (κ1) is 13.5. The van der Waals surface area contributed by atoms with Crippen LogP contribution in [0.15, 0.2) is 0 Å². The highest BCUT2D eigenvalue weighted by molar-refractivity contribution is 5.85. The molecule has 2 aliphatic rings. The van der Waals surface area contributed by atoms with Crippen molar-refractivity contribution in [2.75, 3.05) is 19.6 Å². The molecule has 13 heavy (non-hydrogen) atoms. The van der Waals surface area contributed by atoms with E-state index in [0.717, 1.165) is 12.0 Å². The smallest absolute Gasteiger partial charge is 0.0193 e. The summed E-state index contributed by atoms with van der Waals surface area (Å²) in [6.07, 6.45) is 5.66. The highest BCUT2D eigenvalue weighted by Gasteiger charge is 2.22. The van der Waals surface area contributed by atoms with Gasteiger partial charge in [0, 0.05) is 12.6 Å². The Hall–Kier alpha value is 0.500. The first-order valence-electron chi connectivity index (χ1n) is 4.89. The lowest BCUT2D eigenvalue weighted by Gasteiger charge is -2.23. The SMILES string of the molecule is C1CNCC(NCC2CC2)C1.Cl.Cl. The molecular weight excluding hydrogens is 207 g/mol. The molecule has 1 aliphatic carbocycles. The molecule has 0 aromatic carbocycles. The second kappa shape index (κ2) is 6.88. The van der Waals surface area contributed by atoms with Crippen molar-refractivity contribution in [1.29, 1.82) is 0 Å². The molecule has 0 spiro atoms. The average molecular weight is 227 g/mol. The molecule has 2 N–H and O–H groups in total. The van der Waals surface area contributed by atoms with Crippen molar-refractivity contribution in [3.05, 3.63) is 0 Å². The molecule has 2 fully saturated rings. The highest BCUT2D eigenvalue weighted by atomic mass is 35.5. The number of hydrogen-bond acceptors (Lipinski definition) is 2. The van der Waals surface area contributed by atoms with Gasteiger partial charge in [-0.2, -0.15) is 0 Å². The Kier molecular flexibility index (Phi) is 7.15. The van der Waals surface area contributed by atoms with Gasteiger partial charge in [0.25, 0.3) is 0 Å². The van der Waals surface area contributed by atoms with E-state index in [1.807, 2.05) is 0 Å². The second-order valence-corrected chi connectivity index (χ2v) is 3.89. The number of piperidine rings is 1. The van der Waals surface area contributed by atoms with Crippen LogP contribution in [-0.4, -0.2) is 25.7 Å². The highest BCUT2D eigenvalue weighted by Crippen LogP contribution is 2.27. The lowest BCUT2D eigenvalue weighted by molar-refractivity contribution is 0.385. The van der Waals surface area contributed by atoms with Gasteiger partial charge in [-0.1, -0.05) is 0 Å². The largest absolute Gasteiger partial charge is 0.315 e. The van der Waals surface area contributed by atoms with Crippen molar-refractivity contribution in [2.24, 2.45) is 5.92 Å². The molecule has 0 amide bonds. The molecule has 1 aliphatic heterocycles. The van der Waals surface area contributed by atoms with Crippen LogP contribution in [0.25, 0.3) is 0 Å². The van der Waals surface area contributed by atoms with Crippen LogP contribution in [0, 0.1) is 5.92 Å². The Labute approximate surface area is 93.1 Å². The summed E-state index contributed by atoms with van der Waals surface area (Å²) in [6, 6.07) is 0.768. The van der Waals surface area contributed by atoms with Crippen molar-refractivity contribution in [2.45, 2.75) is 31.7 Å². The van der Waals surface area contributed by atoms with Crippen LogP contribution in [0.1, 0.15) is 25.7 Å². The van der Waals surface area contributed by atoms with Gasteiger partial charge in [-0.25, -0.2) is 0 Å². The summed E-state index contributed by atoms with van der Waals surface area (Å²) in [4.78, 5) is 0. The first-order chi connectivity index (χ1) is 5.45. The molecule has 2 rings (SSSR count). The fourth-order valence-corrected chi connectivity index (χ4v) is 1.68. The molecule has 0 bridgehead atoms. The normalized spacial score (nSPS) is 27.2. The van der Waals surface area contributed by atoms with Crippen LogP contribution >= 0.6 is 24.8 Å². The summed E-state index contributed by atoms with van der Waals surface area (Å²) in [5.74, 6) is 1.02. The molecule has 4 heteroatoms. The molecule has 0 aromatic rings. The number of nitrogens with one attached hydrogen (secondary N) is 2. The van der Waals surface area contributed by atoms with Crippen LogP contribution in [0.3, 0.4) is 0 Å². The van der Waals surface area contributed by atoms with E-state index in [9.17, 15) is 0 Å². The van der Waals surface area contributed by atoms with Gasteiger partial charge in [-0.05, 0) is 44.7 Å². The number of hydrogen-bond donors (Lipinski definition) is 2. The third-order valence-electron chi connectivity index (χ3n) is 2.69. The van der Waals surface area contributed by atoms with E-state index in [1.54, 1.807) is 0 Å². The molecule has 1 saturated heterocycles. The molecule has 0 radical (unpaired) electrons. The minimum atomic E-state index is 0. The lowest BCUT2D eigenvalue weighted by atomic mass is 10.1. The van der Waals surface area contributed by atoms with Gasteiger partial charge in [0.2, 0.25) is 0 Å². The maximum absolute atomic E-state index is 3.62. The van der Waals surface area contributed by atoms with E-state index < -0.39 is 0 Å². The average Bonchev–Trinajstić information content (AvgIpc) is 2.86. The maximum Gasteiger partial charge on any atom is 0.0193 e. The summed E-state index contributed by atoms with van der Waals surface area (Å²) < 4.78 is 0. The van der Waals surface area contributed by atoms with Crippen LogP contribution in [0.4, 0.5) is 0 Å². The number of rotatable bonds is 3. The monoisotopic (exact) mass is 226 g/mol. The van der Waals surface area contributed by atoms with Crippen LogP contribution in [0.2, 0.25) is 0 Å². The van der Waals surface area contributed by atoms with Gasteiger partial charge in [-0.3, -0.25) is 0 Å². The first-order valence-corrected chi connectivity index (χ1v) is 4.89. The Morgan fingerprint density at radius 1 is 1.15 bits per heavy atom. The van der Waals surface area contributed by atoms with Crippen LogP contribution < -0.4 is 10.6 Å². The summed E-state index contributed by atoms with van der Waals surface area (Å²) in [6.45, 7) is 3.68. The lowest BCUT2D eigenvalue weighted by Crippen LogP contribution is -2.43. The van der Waals surface area contributed by atoms with E-state index in [0.29, 0.717) is 0 Å². The molecule has 80 valence electrons. The van der Waals surface area contributed by atoms with Crippen molar-refractivity contribution < 1.29 is 0 Å². The number of halogens is 2. The van der Waals surface area contributed by atoms with Gasteiger partial charge >= 0.3 is 0 Å². The van der Waals surface area contributed by atoms with Gasteiger partial charge in [0.1, 0.15) is 0 Å². The fourth-order valence-electron chi connectivity index (χ4n) is 1.68. The van der Waals surface area contributed by atoms with E-state index >= 15 is 0 Å². The van der Waals surface area contributed by atoms with Crippen LogP contribution in [0.5, 0.6) is 0 Å². The fraction of sp³-hybridized carbons (Fsp3) is 1.00. The third kappa shape index (κ3) is 5.06. The Balaban J connectivity index is 0.000000720. The molecule has 2 nitrogen and oxygen atoms in total. The predicted octanol–water partition coefficient (Wildman–Crippen LogP) is 1.58. The molecule has 0 aromatic heterocycles. The molecule has 1 saturated carbocycles. The summed E-state index contributed by atoms with van der Waals surface area (Å²) >= 11 is 0. The summed E-state index contributed by atoms with van der Waals surface area (Å²) in [7, 11) is 0. The van der Waals surface area contributed by atoms with Gasteiger partial charge in [-0.15, -0.1) is 24.8 Å². The second-order valence-electron chi connectivity index (χ2n) is 3.89. The van der Waals surface area contributed by atoms with Gasteiger partial charge in [0.15, 0.2) is 0 Å². The Morgan fingerprint density at radius 3 is 2.46 bits per heavy atom. The minimum Gasteiger partial charge on any atom is -0.315 e. The van der Waals surface area contributed by atoms with Gasteiger partial charge in [0.05, 0.1) is 0 Å².